The molecule has 0 unspecified atom stereocenters. The zero-order valence-corrected chi connectivity index (χ0v) is 5.74. The van der Waals surface area contributed by atoms with Crippen LogP contribution in [0, 0.1) is 5.92 Å². The second-order valence-corrected chi connectivity index (χ2v) is 2.52. The van der Waals surface area contributed by atoms with E-state index in [0.717, 1.165) is 6.54 Å². The first kappa shape index (κ1) is 6.26. The van der Waals surface area contributed by atoms with Gasteiger partial charge in [0.05, 0.1) is 6.54 Å². The van der Waals surface area contributed by atoms with Crippen LogP contribution in [0.2, 0.25) is 0 Å². The molecule has 50 valence electrons. The zero-order chi connectivity index (χ0) is 6.69. The van der Waals surface area contributed by atoms with E-state index in [4.69, 9.17) is 0 Å². The van der Waals surface area contributed by atoms with Gasteiger partial charge in [-0.1, -0.05) is 13.8 Å². The maximum Gasteiger partial charge on any atom is 0.336 e. The molecule has 1 aromatic heterocycles. The summed E-state index contributed by atoms with van der Waals surface area (Å²) in [5.41, 5.74) is 0. The number of hydrogen-bond donors (Lipinski definition) is 0. The Hall–Kier alpha value is -0.860. The van der Waals surface area contributed by atoms with Gasteiger partial charge >= 0.3 is 12.7 Å². The van der Waals surface area contributed by atoms with E-state index in [1.807, 2.05) is 4.57 Å². The van der Waals surface area contributed by atoms with Gasteiger partial charge in [-0.25, -0.2) is 4.52 Å². The maximum atomic E-state index is 4.63. The van der Waals surface area contributed by atoms with Crippen LogP contribution >= 0.6 is 0 Å². The fourth-order valence-electron chi connectivity index (χ4n) is 0.715. The van der Waals surface area contributed by atoms with Crippen LogP contribution in [-0.2, 0) is 6.54 Å². The molecular formula is C6H11N2O+. The highest BCUT2D eigenvalue weighted by molar-refractivity contribution is 4.31. The van der Waals surface area contributed by atoms with Crippen molar-refractivity contribution in [3.05, 3.63) is 12.7 Å². The zero-order valence-electron chi connectivity index (χ0n) is 5.74. The molecule has 9 heavy (non-hydrogen) atoms. The Morgan fingerprint density at radius 1 is 1.67 bits per heavy atom. The molecule has 0 atom stereocenters. The summed E-state index contributed by atoms with van der Waals surface area (Å²) < 4.78 is 6.55. The van der Waals surface area contributed by atoms with Gasteiger partial charge in [-0.2, -0.15) is 4.57 Å². The van der Waals surface area contributed by atoms with Crippen LogP contribution in [0.5, 0.6) is 0 Å². The van der Waals surface area contributed by atoms with Gasteiger partial charge in [0.2, 0.25) is 0 Å². The van der Waals surface area contributed by atoms with Gasteiger partial charge in [0.15, 0.2) is 5.16 Å². The van der Waals surface area contributed by atoms with Crippen LogP contribution in [0.15, 0.2) is 17.2 Å². The van der Waals surface area contributed by atoms with Gasteiger partial charge in [0.25, 0.3) is 0 Å². The molecule has 0 bridgehead atoms. The lowest BCUT2D eigenvalue weighted by atomic mass is 10.2. The summed E-state index contributed by atoms with van der Waals surface area (Å²) in [5.74, 6) is 0.648. The molecule has 0 aromatic carbocycles. The first-order valence-corrected chi connectivity index (χ1v) is 3.07. The van der Waals surface area contributed by atoms with Gasteiger partial charge in [-0.15, -0.1) is 0 Å². The lowest BCUT2D eigenvalue weighted by Gasteiger charge is -1.95. The van der Waals surface area contributed by atoms with Crippen LogP contribution in [0.1, 0.15) is 13.8 Å². The Balaban J connectivity index is 2.48. The van der Waals surface area contributed by atoms with E-state index in [9.17, 15) is 0 Å². The minimum atomic E-state index is 0.648. The highest BCUT2D eigenvalue weighted by Gasteiger charge is 2.01. The van der Waals surface area contributed by atoms with Crippen LogP contribution in [-0.4, -0.2) is 5.16 Å². The van der Waals surface area contributed by atoms with E-state index < -0.39 is 0 Å². The second kappa shape index (κ2) is 2.62. The molecule has 3 heteroatoms. The molecule has 0 fully saturated rings. The molecule has 3 nitrogen and oxygen atoms in total. The number of aromatic nitrogens is 2. The predicted octanol–water partition coefficient (Wildman–Crippen LogP) is 0.618. The minimum absolute atomic E-state index is 0.648. The van der Waals surface area contributed by atoms with E-state index in [1.165, 1.54) is 0 Å². The van der Waals surface area contributed by atoms with Crippen molar-refractivity contribution < 1.29 is 9.09 Å². The molecular weight excluding hydrogens is 116 g/mol. The van der Waals surface area contributed by atoms with Crippen LogP contribution in [0.25, 0.3) is 0 Å². The van der Waals surface area contributed by atoms with Crippen molar-refractivity contribution in [2.24, 2.45) is 5.92 Å². The molecule has 0 aliphatic rings. The summed E-state index contributed by atoms with van der Waals surface area (Å²) in [6, 6.07) is 0. The van der Waals surface area contributed by atoms with E-state index in [2.05, 4.69) is 23.5 Å². The Morgan fingerprint density at radius 3 is 2.89 bits per heavy atom. The van der Waals surface area contributed by atoms with Crippen molar-refractivity contribution in [1.82, 2.24) is 5.16 Å². The third kappa shape index (κ3) is 1.83. The standard InChI is InChI=1S/C6H11N2O/c1-6(2)3-8-4-7-9-5-8/h4-6H,3H2,1-2H3/q+1. The van der Waals surface area contributed by atoms with Crippen molar-refractivity contribution in [2.45, 2.75) is 20.4 Å². The Morgan fingerprint density at radius 2 is 2.44 bits per heavy atom. The largest absolute Gasteiger partial charge is 0.336 e. The monoisotopic (exact) mass is 127 g/mol. The molecule has 0 spiro atoms. The third-order valence-electron chi connectivity index (χ3n) is 1.01. The van der Waals surface area contributed by atoms with E-state index in [-0.39, 0.29) is 0 Å². The summed E-state index contributed by atoms with van der Waals surface area (Å²) >= 11 is 0. The van der Waals surface area contributed by atoms with Crippen molar-refractivity contribution in [3.8, 4) is 0 Å². The topological polar surface area (TPSA) is 29.9 Å². The number of rotatable bonds is 2. The van der Waals surface area contributed by atoms with Gasteiger partial charge < -0.3 is 0 Å². The molecule has 0 radical (unpaired) electrons. The Bertz CT molecular complexity index is 158. The van der Waals surface area contributed by atoms with Crippen LogP contribution in [0.4, 0.5) is 0 Å². The highest BCUT2D eigenvalue weighted by atomic mass is 16.5. The average molecular weight is 127 g/mol. The molecule has 0 saturated heterocycles. The molecule has 0 N–H and O–H groups in total. The molecule has 1 rings (SSSR count). The van der Waals surface area contributed by atoms with E-state index in [0.29, 0.717) is 5.92 Å². The predicted molar refractivity (Wildman–Crippen MR) is 31.5 cm³/mol. The van der Waals surface area contributed by atoms with Gasteiger partial charge in [0, 0.05) is 0 Å². The molecule has 0 saturated carbocycles. The van der Waals surface area contributed by atoms with Crippen molar-refractivity contribution in [2.75, 3.05) is 0 Å². The lowest BCUT2D eigenvalue weighted by Crippen LogP contribution is -2.33. The minimum Gasteiger partial charge on any atom is -0.222 e. The quantitative estimate of drug-likeness (QED) is 0.545. The van der Waals surface area contributed by atoms with E-state index >= 15 is 0 Å². The summed E-state index contributed by atoms with van der Waals surface area (Å²) in [7, 11) is 0. The maximum absolute atomic E-state index is 4.63. The number of hydrogen-bond acceptors (Lipinski definition) is 2. The Labute approximate surface area is 54.3 Å². The van der Waals surface area contributed by atoms with Crippen molar-refractivity contribution in [1.29, 1.82) is 0 Å². The molecule has 1 heterocycles. The lowest BCUT2D eigenvalue weighted by molar-refractivity contribution is -0.705. The first-order valence-electron chi connectivity index (χ1n) is 3.07. The van der Waals surface area contributed by atoms with Crippen LogP contribution < -0.4 is 4.57 Å². The third-order valence-corrected chi connectivity index (χ3v) is 1.01. The van der Waals surface area contributed by atoms with Gasteiger partial charge in [0.1, 0.15) is 0 Å². The normalized spacial score (nSPS) is 10.6. The summed E-state index contributed by atoms with van der Waals surface area (Å²) in [4.78, 5) is 0. The smallest absolute Gasteiger partial charge is 0.222 e. The van der Waals surface area contributed by atoms with Crippen LogP contribution in [0.3, 0.4) is 0 Å². The summed E-state index contributed by atoms with van der Waals surface area (Å²) in [6.07, 6.45) is 3.29. The average Bonchev–Trinajstić information content (AvgIpc) is 2.15. The number of nitrogens with zero attached hydrogens (tertiary/aromatic N) is 2. The fourth-order valence-corrected chi connectivity index (χ4v) is 0.715. The van der Waals surface area contributed by atoms with Crippen molar-refractivity contribution in [3.63, 3.8) is 0 Å². The molecule has 0 amide bonds. The molecule has 0 aliphatic carbocycles. The summed E-state index contributed by atoms with van der Waals surface area (Å²) in [6.45, 7) is 5.28. The highest BCUT2D eigenvalue weighted by Crippen LogP contribution is 1.88. The van der Waals surface area contributed by atoms with E-state index in [1.54, 1.807) is 12.7 Å². The fraction of sp³-hybridized carbons (Fsp3) is 0.667. The Kier molecular flexibility index (Phi) is 1.82. The van der Waals surface area contributed by atoms with Gasteiger partial charge in [-0.3, -0.25) is 0 Å². The SMILES string of the molecule is CC(C)C[n+]1cnoc1. The van der Waals surface area contributed by atoms with Crippen molar-refractivity contribution >= 4 is 0 Å². The first-order chi connectivity index (χ1) is 4.29. The second-order valence-electron chi connectivity index (χ2n) is 2.52. The van der Waals surface area contributed by atoms with Gasteiger partial charge in [-0.05, 0) is 5.92 Å². The summed E-state index contributed by atoms with van der Waals surface area (Å²) in [5, 5.41) is 3.56. The molecule has 0 aliphatic heterocycles. The molecule has 1 aromatic rings.